The van der Waals surface area contributed by atoms with Crippen LogP contribution in [0, 0.1) is 0 Å². The number of para-hydroxylation sites is 1. The Morgan fingerprint density at radius 1 is 1.12 bits per heavy atom. The molecule has 0 radical (unpaired) electrons. The van der Waals surface area contributed by atoms with Gasteiger partial charge in [0.15, 0.2) is 11.8 Å². The van der Waals surface area contributed by atoms with E-state index in [1.807, 2.05) is 24.3 Å². The molecule has 0 amide bonds. The smallest absolute Gasteiger partial charge is 0.193 e. The maximum Gasteiger partial charge on any atom is 0.193 e. The number of aryl methyl sites for hydroxylation is 2. The van der Waals surface area contributed by atoms with Crippen molar-refractivity contribution in [3.05, 3.63) is 65.5 Å². The number of nitrogens with two attached hydrogens (primary N) is 1. The fourth-order valence-corrected chi connectivity index (χ4v) is 2.91. The molecule has 0 saturated carbocycles. The molecule has 0 bridgehead atoms. The number of hydrogen-bond donors (Lipinski definition) is 3. The highest BCUT2D eigenvalue weighted by Gasteiger charge is 2.07. The zero-order chi connectivity index (χ0) is 18.4. The Morgan fingerprint density at radius 3 is 2.50 bits per heavy atom. The van der Waals surface area contributed by atoms with Gasteiger partial charge in [0.05, 0.1) is 6.54 Å². The van der Waals surface area contributed by atoms with Crippen LogP contribution < -0.4 is 11.1 Å². The molecule has 0 aliphatic rings. The van der Waals surface area contributed by atoms with Gasteiger partial charge in [-0.3, -0.25) is 5.10 Å². The van der Waals surface area contributed by atoms with E-state index < -0.39 is 0 Å². The summed E-state index contributed by atoms with van der Waals surface area (Å²) in [7, 11) is 0. The van der Waals surface area contributed by atoms with Crippen LogP contribution in [-0.2, 0) is 19.4 Å². The molecule has 0 aliphatic carbocycles. The monoisotopic (exact) mass is 348 g/mol. The zero-order valence-electron chi connectivity index (χ0n) is 15.2. The molecule has 4 N–H and O–H groups in total. The average molecular weight is 348 g/mol. The summed E-state index contributed by atoms with van der Waals surface area (Å²) >= 11 is 0. The Hall–Kier alpha value is -3.15. The highest BCUT2D eigenvalue weighted by Crippen LogP contribution is 2.22. The van der Waals surface area contributed by atoms with Gasteiger partial charge in [0, 0.05) is 11.3 Å². The van der Waals surface area contributed by atoms with Crippen molar-refractivity contribution in [1.82, 2.24) is 15.2 Å². The number of aromatic amines is 1. The van der Waals surface area contributed by atoms with Gasteiger partial charge in [-0.15, -0.1) is 0 Å². The van der Waals surface area contributed by atoms with Gasteiger partial charge in [-0.2, -0.15) is 5.10 Å². The molecule has 6 heteroatoms. The summed E-state index contributed by atoms with van der Waals surface area (Å²) in [4.78, 5) is 8.68. The topological polar surface area (TPSA) is 92.0 Å². The summed E-state index contributed by atoms with van der Waals surface area (Å²) < 4.78 is 0. The second-order valence-corrected chi connectivity index (χ2v) is 6.02. The third-order valence-electron chi connectivity index (χ3n) is 4.30. The lowest BCUT2D eigenvalue weighted by Crippen LogP contribution is -2.24. The molecular formula is C20H24N6. The number of rotatable bonds is 6. The molecule has 1 heterocycles. The molecule has 6 nitrogen and oxygen atoms in total. The second kappa shape index (κ2) is 8.29. The van der Waals surface area contributed by atoms with Crippen molar-refractivity contribution in [2.45, 2.75) is 33.2 Å². The minimum absolute atomic E-state index is 0.422. The van der Waals surface area contributed by atoms with Crippen molar-refractivity contribution in [2.75, 3.05) is 5.32 Å². The lowest BCUT2D eigenvalue weighted by Gasteiger charge is -2.14. The van der Waals surface area contributed by atoms with Gasteiger partial charge in [0.2, 0.25) is 0 Å². The van der Waals surface area contributed by atoms with E-state index in [-0.39, 0.29) is 0 Å². The van der Waals surface area contributed by atoms with Crippen LogP contribution >= 0.6 is 0 Å². The van der Waals surface area contributed by atoms with E-state index in [1.165, 1.54) is 17.5 Å². The number of aromatic nitrogens is 3. The number of H-pyrrole nitrogens is 1. The predicted octanol–water partition coefficient (Wildman–Crippen LogP) is 3.52. The van der Waals surface area contributed by atoms with Crippen molar-refractivity contribution < 1.29 is 0 Å². The molecular weight excluding hydrogens is 324 g/mol. The maximum absolute atomic E-state index is 6.14. The molecule has 0 fully saturated rings. The third kappa shape index (κ3) is 4.08. The SMILES string of the molecule is CCc1cccc(CC)c1NC(N)=NCc1cccc(-c2ncn[nH]2)c1. The fourth-order valence-electron chi connectivity index (χ4n) is 2.91. The summed E-state index contributed by atoms with van der Waals surface area (Å²) in [5.74, 6) is 1.16. The standard InChI is InChI=1S/C20H24N6/c1-3-15-8-6-9-16(4-2)18(15)25-20(21)22-12-14-7-5-10-17(11-14)19-23-13-24-26-19/h5-11,13H,3-4,12H2,1-2H3,(H3,21,22,25)(H,23,24,26). The van der Waals surface area contributed by atoms with Crippen LogP contribution in [0.25, 0.3) is 11.4 Å². The van der Waals surface area contributed by atoms with E-state index in [9.17, 15) is 0 Å². The van der Waals surface area contributed by atoms with Gasteiger partial charge in [0.1, 0.15) is 6.33 Å². The average Bonchev–Trinajstić information content (AvgIpc) is 3.21. The van der Waals surface area contributed by atoms with Gasteiger partial charge in [0.25, 0.3) is 0 Å². The molecule has 0 saturated heterocycles. The first-order valence-electron chi connectivity index (χ1n) is 8.83. The van der Waals surface area contributed by atoms with Crippen LogP contribution in [0.4, 0.5) is 5.69 Å². The van der Waals surface area contributed by atoms with Crippen molar-refractivity contribution in [3.63, 3.8) is 0 Å². The Morgan fingerprint density at radius 2 is 1.85 bits per heavy atom. The van der Waals surface area contributed by atoms with Gasteiger partial charge >= 0.3 is 0 Å². The first-order valence-corrected chi connectivity index (χ1v) is 8.83. The maximum atomic E-state index is 6.14. The van der Waals surface area contributed by atoms with Gasteiger partial charge in [-0.05, 0) is 35.6 Å². The molecule has 2 aromatic carbocycles. The molecule has 1 aromatic heterocycles. The predicted molar refractivity (Wildman–Crippen MR) is 106 cm³/mol. The molecule has 0 spiro atoms. The first kappa shape index (κ1) is 17.7. The van der Waals surface area contributed by atoms with Crippen LogP contribution in [0.1, 0.15) is 30.5 Å². The molecule has 134 valence electrons. The van der Waals surface area contributed by atoms with Gasteiger partial charge in [-0.25, -0.2) is 9.98 Å². The second-order valence-electron chi connectivity index (χ2n) is 6.02. The van der Waals surface area contributed by atoms with Crippen LogP contribution in [0.15, 0.2) is 53.8 Å². The Bertz CT molecular complexity index is 861. The summed E-state index contributed by atoms with van der Waals surface area (Å²) in [6.45, 7) is 4.78. The van der Waals surface area contributed by atoms with E-state index in [2.05, 4.69) is 57.5 Å². The summed E-state index contributed by atoms with van der Waals surface area (Å²) in [5, 5.41) is 10.1. The number of benzene rings is 2. The number of aliphatic imine (C=N–C) groups is 1. The Kier molecular flexibility index (Phi) is 5.63. The van der Waals surface area contributed by atoms with Crippen molar-refractivity contribution in [1.29, 1.82) is 0 Å². The van der Waals surface area contributed by atoms with Crippen molar-refractivity contribution in [2.24, 2.45) is 10.7 Å². The highest BCUT2D eigenvalue weighted by molar-refractivity contribution is 5.93. The third-order valence-corrected chi connectivity index (χ3v) is 4.30. The first-order chi connectivity index (χ1) is 12.7. The van der Waals surface area contributed by atoms with Crippen molar-refractivity contribution in [3.8, 4) is 11.4 Å². The quantitative estimate of drug-likeness (QED) is 0.469. The highest BCUT2D eigenvalue weighted by atomic mass is 15.2. The molecule has 3 rings (SSSR count). The summed E-state index contributed by atoms with van der Waals surface area (Å²) in [6, 6.07) is 14.4. The van der Waals surface area contributed by atoms with Crippen LogP contribution in [0.3, 0.4) is 0 Å². The number of guanidine groups is 1. The number of hydrogen-bond acceptors (Lipinski definition) is 3. The molecule has 3 aromatic rings. The lowest BCUT2D eigenvalue weighted by molar-refractivity contribution is 1.05. The van der Waals surface area contributed by atoms with Gasteiger partial charge < -0.3 is 11.1 Å². The summed E-state index contributed by atoms with van der Waals surface area (Å²) in [6.07, 6.45) is 3.39. The van der Waals surface area contributed by atoms with E-state index in [1.54, 1.807) is 0 Å². The Labute approximate surface area is 153 Å². The lowest BCUT2D eigenvalue weighted by atomic mass is 10.0. The fraction of sp³-hybridized carbons (Fsp3) is 0.250. The largest absolute Gasteiger partial charge is 0.370 e. The molecule has 0 aliphatic heterocycles. The minimum Gasteiger partial charge on any atom is -0.370 e. The molecule has 26 heavy (non-hydrogen) atoms. The van der Waals surface area contributed by atoms with E-state index in [0.29, 0.717) is 12.5 Å². The van der Waals surface area contributed by atoms with Crippen LogP contribution in [0.2, 0.25) is 0 Å². The van der Waals surface area contributed by atoms with E-state index >= 15 is 0 Å². The molecule has 0 unspecified atom stereocenters. The van der Waals surface area contributed by atoms with E-state index in [0.717, 1.165) is 35.5 Å². The van der Waals surface area contributed by atoms with E-state index in [4.69, 9.17) is 5.73 Å². The number of nitrogens with zero attached hydrogens (tertiary/aromatic N) is 3. The van der Waals surface area contributed by atoms with Gasteiger partial charge in [-0.1, -0.05) is 50.2 Å². The van der Waals surface area contributed by atoms with Crippen LogP contribution in [-0.4, -0.2) is 21.1 Å². The number of nitrogens with one attached hydrogen (secondary N) is 2. The normalized spacial score (nSPS) is 11.5. The van der Waals surface area contributed by atoms with Crippen LogP contribution in [0.5, 0.6) is 0 Å². The Balaban J connectivity index is 1.75. The minimum atomic E-state index is 0.422. The summed E-state index contributed by atoms with van der Waals surface area (Å²) in [5.41, 5.74) is 11.7. The molecule has 0 atom stereocenters. The zero-order valence-corrected chi connectivity index (χ0v) is 15.2. The number of anilines is 1. The van der Waals surface area contributed by atoms with Crippen molar-refractivity contribution >= 4 is 11.6 Å².